The number of hydrogen-bond acceptors (Lipinski definition) is 4. The van der Waals surface area contributed by atoms with Crippen LogP contribution in [0.5, 0.6) is 0 Å². The Kier molecular flexibility index (Phi) is 3.94. The monoisotopic (exact) mass is 260 g/mol. The predicted molar refractivity (Wildman–Crippen MR) is 75.4 cm³/mol. The van der Waals surface area contributed by atoms with E-state index in [1.54, 1.807) is 19.2 Å². The fraction of sp³-hybridized carbons (Fsp3) is 0.286. The molecule has 0 aliphatic rings. The number of rotatable bonds is 4. The van der Waals surface area contributed by atoms with E-state index in [1.165, 1.54) is 6.07 Å². The number of aryl methyl sites for hydroxylation is 2. The quantitative estimate of drug-likeness (QED) is 0.885. The van der Waals surface area contributed by atoms with Crippen LogP contribution in [-0.2, 0) is 6.42 Å². The number of aromatic nitrogens is 2. The smallest absolute Gasteiger partial charge is 0.146 e. The topological polar surface area (TPSA) is 49.8 Å². The third-order valence-electron chi connectivity index (χ3n) is 2.82. The Morgan fingerprint density at radius 3 is 2.58 bits per heavy atom. The molecule has 0 unspecified atom stereocenters. The molecule has 0 spiro atoms. The van der Waals surface area contributed by atoms with Crippen LogP contribution in [-0.4, -0.2) is 17.0 Å². The lowest BCUT2D eigenvalue weighted by Crippen LogP contribution is -2.04. The van der Waals surface area contributed by atoms with Gasteiger partial charge in [-0.25, -0.2) is 14.4 Å². The van der Waals surface area contributed by atoms with Crippen molar-refractivity contribution in [2.24, 2.45) is 0 Å². The van der Waals surface area contributed by atoms with Gasteiger partial charge in [-0.2, -0.15) is 0 Å². The van der Waals surface area contributed by atoms with Crippen LogP contribution in [0.15, 0.2) is 24.3 Å². The van der Waals surface area contributed by atoms with Gasteiger partial charge in [-0.15, -0.1) is 0 Å². The van der Waals surface area contributed by atoms with Gasteiger partial charge < -0.3 is 10.6 Å². The number of anilines is 3. The van der Waals surface area contributed by atoms with Crippen LogP contribution in [0.4, 0.5) is 21.7 Å². The molecular formula is C14H17FN4. The predicted octanol–water partition coefficient (Wildman–Crippen LogP) is 3.27. The average Bonchev–Trinajstić information content (AvgIpc) is 2.42. The first kappa shape index (κ1) is 13.3. The van der Waals surface area contributed by atoms with Crippen LogP contribution in [0.1, 0.15) is 18.3 Å². The second-order valence-electron chi connectivity index (χ2n) is 4.21. The van der Waals surface area contributed by atoms with Crippen molar-refractivity contribution in [3.05, 3.63) is 41.5 Å². The molecule has 0 amide bonds. The van der Waals surface area contributed by atoms with Crippen molar-refractivity contribution < 1.29 is 4.39 Å². The molecule has 0 bridgehead atoms. The molecule has 2 aromatic rings. The van der Waals surface area contributed by atoms with Gasteiger partial charge in [0.25, 0.3) is 0 Å². The van der Waals surface area contributed by atoms with Crippen molar-refractivity contribution in [2.75, 3.05) is 17.7 Å². The van der Waals surface area contributed by atoms with Gasteiger partial charge in [-0.1, -0.05) is 19.1 Å². The first-order valence-corrected chi connectivity index (χ1v) is 6.22. The molecular weight excluding hydrogens is 243 g/mol. The van der Waals surface area contributed by atoms with Gasteiger partial charge in [0.2, 0.25) is 0 Å². The Labute approximate surface area is 112 Å². The fourth-order valence-electron chi connectivity index (χ4n) is 1.77. The zero-order chi connectivity index (χ0) is 13.8. The Balaban J connectivity index is 2.37. The van der Waals surface area contributed by atoms with E-state index in [0.717, 1.165) is 12.0 Å². The summed E-state index contributed by atoms with van der Waals surface area (Å²) in [5, 5.41) is 6.00. The highest BCUT2D eigenvalue weighted by atomic mass is 19.1. The van der Waals surface area contributed by atoms with E-state index in [9.17, 15) is 4.39 Å². The van der Waals surface area contributed by atoms with E-state index < -0.39 is 0 Å². The summed E-state index contributed by atoms with van der Waals surface area (Å²) in [6.07, 6.45) is 0.723. The van der Waals surface area contributed by atoms with Gasteiger partial charge in [0.15, 0.2) is 0 Å². The number of para-hydroxylation sites is 1. The second-order valence-corrected chi connectivity index (χ2v) is 4.21. The Hall–Kier alpha value is -2.17. The number of nitrogens with zero attached hydrogens (tertiary/aromatic N) is 2. The zero-order valence-electron chi connectivity index (χ0n) is 11.3. The zero-order valence-corrected chi connectivity index (χ0v) is 11.3. The summed E-state index contributed by atoms with van der Waals surface area (Å²) in [4.78, 5) is 8.65. The van der Waals surface area contributed by atoms with Crippen molar-refractivity contribution in [1.82, 2.24) is 9.97 Å². The molecule has 1 aromatic heterocycles. The molecule has 19 heavy (non-hydrogen) atoms. The van der Waals surface area contributed by atoms with Crippen molar-refractivity contribution in [1.29, 1.82) is 0 Å². The molecule has 0 fully saturated rings. The molecule has 0 aliphatic heterocycles. The maximum Gasteiger partial charge on any atom is 0.146 e. The lowest BCUT2D eigenvalue weighted by Gasteiger charge is -2.11. The largest absolute Gasteiger partial charge is 0.373 e. The minimum Gasteiger partial charge on any atom is -0.373 e. The molecule has 2 rings (SSSR count). The van der Waals surface area contributed by atoms with Gasteiger partial charge in [0, 0.05) is 19.5 Å². The van der Waals surface area contributed by atoms with Crippen molar-refractivity contribution in [2.45, 2.75) is 20.3 Å². The molecule has 1 aromatic carbocycles. The van der Waals surface area contributed by atoms with E-state index in [2.05, 4.69) is 20.6 Å². The molecule has 0 saturated heterocycles. The van der Waals surface area contributed by atoms with E-state index in [4.69, 9.17) is 0 Å². The van der Waals surface area contributed by atoms with Crippen LogP contribution in [0.25, 0.3) is 0 Å². The van der Waals surface area contributed by atoms with Crippen molar-refractivity contribution >= 4 is 17.3 Å². The molecule has 2 N–H and O–H groups in total. The molecule has 1 heterocycles. The van der Waals surface area contributed by atoms with E-state index >= 15 is 0 Å². The Morgan fingerprint density at radius 2 is 1.95 bits per heavy atom. The highest BCUT2D eigenvalue weighted by Gasteiger charge is 2.08. The first-order valence-electron chi connectivity index (χ1n) is 6.22. The van der Waals surface area contributed by atoms with E-state index in [-0.39, 0.29) is 5.82 Å². The number of benzene rings is 1. The summed E-state index contributed by atoms with van der Waals surface area (Å²) < 4.78 is 13.8. The highest BCUT2D eigenvalue weighted by Crippen LogP contribution is 2.23. The second kappa shape index (κ2) is 5.65. The molecule has 100 valence electrons. The lowest BCUT2D eigenvalue weighted by atomic mass is 10.2. The fourth-order valence-corrected chi connectivity index (χ4v) is 1.77. The van der Waals surface area contributed by atoms with Gasteiger partial charge in [0.1, 0.15) is 23.3 Å². The van der Waals surface area contributed by atoms with Crippen LogP contribution in [0, 0.1) is 12.7 Å². The molecule has 0 atom stereocenters. The molecule has 4 nitrogen and oxygen atoms in total. The number of hydrogen-bond donors (Lipinski definition) is 2. The minimum absolute atomic E-state index is 0.289. The number of nitrogens with one attached hydrogen (secondary N) is 2. The third-order valence-corrected chi connectivity index (χ3v) is 2.82. The third kappa shape index (κ3) is 2.99. The van der Waals surface area contributed by atoms with Gasteiger partial charge in [0.05, 0.1) is 5.69 Å². The minimum atomic E-state index is -0.289. The summed E-state index contributed by atoms with van der Waals surface area (Å²) in [6, 6.07) is 6.72. The van der Waals surface area contributed by atoms with Gasteiger partial charge in [-0.3, -0.25) is 0 Å². The summed E-state index contributed by atoms with van der Waals surface area (Å²) in [7, 11) is 1.79. The van der Waals surface area contributed by atoms with Crippen LogP contribution < -0.4 is 10.6 Å². The van der Waals surface area contributed by atoms with E-state index in [0.29, 0.717) is 23.1 Å². The number of halogens is 1. The van der Waals surface area contributed by atoms with Crippen LogP contribution in [0.2, 0.25) is 0 Å². The maximum atomic E-state index is 13.8. The summed E-state index contributed by atoms with van der Waals surface area (Å²) in [6.45, 7) is 3.83. The SMILES string of the molecule is CCc1nc(NC)cc(Nc2c(C)cccc2F)n1. The first-order chi connectivity index (χ1) is 9.13. The maximum absolute atomic E-state index is 13.8. The van der Waals surface area contributed by atoms with Crippen LogP contribution in [0.3, 0.4) is 0 Å². The average molecular weight is 260 g/mol. The van der Waals surface area contributed by atoms with E-state index in [1.807, 2.05) is 19.9 Å². The normalized spacial score (nSPS) is 10.3. The van der Waals surface area contributed by atoms with Crippen molar-refractivity contribution in [3.63, 3.8) is 0 Å². The highest BCUT2D eigenvalue weighted by molar-refractivity contribution is 5.63. The van der Waals surface area contributed by atoms with Crippen LogP contribution >= 0.6 is 0 Å². The van der Waals surface area contributed by atoms with Gasteiger partial charge in [-0.05, 0) is 18.6 Å². The lowest BCUT2D eigenvalue weighted by molar-refractivity contribution is 0.630. The molecule has 5 heteroatoms. The molecule has 0 radical (unpaired) electrons. The Bertz CT molecular complexity index is 541. The summed E-state index contributed by atoms with van der Waals surface area (Å²) >= 11 is 0. The summed E-state index contributed by atoms with van der Waals surface area (Å²) in [5.74, 6) is 1.72. The summed E-state index contributed by atoms with van der Waals surface area (Å²) in [5.41, 5.74) is 1.29. The Morgan fingerprint density at radius 1 is 1.21 bits per heavy atom. The molecule has 0 aliphatic carbocycles. The van der Waals surface area contributed by atoms with Gasteiger partial charge >= 0.3 is 0 Å². The molecule has 0 saturated carbocycles. The standard InChI is InChI=1S/C14H17FN4/c1-4-11-17-12(16-3)8-13(18-11)19-14-9(2)6-5-7-10(14)15/h5-8H,4H2,1-3H3,(H2,16,17,18,19). The van der Waals surface area contributed by atoms with Crippen molar-refractivity contribution in [3.8, 4) is 0 Å².